The average Bonchev–Trinajstić information content (AvgIpc) is 2.66. The molecule has 6 heteroatoms. The minimum absolute atomic E-state index is 0.361. The van der Waals surface area contributed by atoms with Gasteiger partial charge in [0.1, 0.15) is 4.99 Å². The summed E-state index contributed by atoms with van der Waals surface area (Å²) >= 11 is 5.12. The molecule has 0 saturated carbocycles. The molecule has 3 N–H and O–H groups in total. The molecule has 106 valence electrons. The first-order valence-electron chi connectivity index (χ1n) is 6.39. The fraction of sp³-hybridized carbons (Fsp3) is 0.357. The van der Waals surface area contributed by atoms with E-state index >= 15 is 0 Å². The monoisotopic (exact) mass is 289 g/mol. The highest BCUT2D eigenvalue weighted by Gasteiger charge is 2.12. The van der Waals surface area contributed by atoms with E-state index in [1.807, 2.05) is 44.8 Å². The van der Waals surface area contributed by atoms with E-state index in [1.165, 1.54) is 0 Å². The Balaban J connectivity index is 2.29. The standard InChI is InChI=1S/C14H19N5S/c1-8-5-12(13(14(15)20)9(2)18-8)16-6-11-7-17-19(4)10(11)3/h5,7H,6H2,1-4H3,(H2,15,20)(H,16,18). The van der Waals surface area contributed by atoms with Crippen molar-refractivity contribution in [1.29, 1.82) is 0 Å². The Morgan fingerprint density at radius 2 is 2.10 bits per heavy atom. The van der Waals surface area contributed by atoms with Crippen molar-refractivity contribution >= 4 is 22.9 Å². The van der Waals surface area contributed by atoms with Gasteiger partial charge in [-0.15, -0.1) is 0 Å². The Morgan fingerprint density at radius 3 is 2.65 bits per heavy atom. The van der Waals surface area contributed by atoms with Gasteiger partial charge in [0.15, 0.2) is 0 Å². The second-order valence-electron chi connectivity index (χ2n) is 4.87. The van der Waals surface area contributed by atoms with E-state index < -0.39 is 0 Å². The van der Waals surface area contributed by atoms with Crippen molar-refractivity contribution in [3.8, 4) is 0 Å². The Morgan fingerprint density at radius 1 is 1.40 bits per heavy atom. The quantitative estimate of drug-likeness (QED) is 0.842. The first kappa shape index (κ1) is 14.5. The molecule has 2 heterocycles. The van der Waals surface area contributed by atoms with Gasteiger partial charge in [0.25, 0.3) is 0 Å². The highest BCUT2D eigenvalue weighted by Crippen LogP contribution is 2.21. The Kier molecular flexibility index (Phi) is 4.04. The van der Waals surface area contributed by atoms with Crippen LogP contribution in [0.4, 0.5) is 5.69 Å². The fourth-order valence-corrected chi connectivity index (χ4v) is 2.44. The van der Waals surface area contributed by atoms with Gasteiger partial charge in [-0.1, -0.05) is 12.2 Å². The number of nitrogens with two attached hydrogens (primary N) is 1. The van der Waals surface area contributed by atoms with Crippen LogP contribution in [0.25, 0.3) is 0 Å². The van der Waals surface area contributed by atoms with Crippen LogP contribution in [0.15, 0.2) is 12.3 Å². The van der Waals surface area contributed by atoms with Gasteiger partial charge in [0.05, 0.1) is 11.8 Å². The molecular weight excluding hydrogens is 270 g/mol. The lowest BCUT2D eigenvalue weighted by atomic mass is 10.1. The van der Waals surface area contributed by atoms with E-state index in [9.17, 15) is 0 Å². The molecule has 2 aromatic heterocycles. The van der Waals surface area contributed by atoms with Crippen LogP contribution in [0.5, 0.6) is 0 Å². The van der Waals surface area contributed by atoms with E-state index in [0.29, 0.717) is 11.5 Å². The molecule has 0 saturated heterocycles. The van der Waals surface area contributed by atoms with E-state index in [2.05, 4.69) is 15.4 Å². The molecule has 2 aromatic rings. The number of rotatable bonds is 4. The third kappa shape index (κ3) is 2.80. The van der Waals surface area contributed by atoms with Crippen LogP contribution in [0.1, 0.15) is 28.2 Å². The van der Waals surface area contributed by atoms with Gasteiger partial charge in [-0.2, -0.15) is 5.10 Å². The topological polar surface area (TPSA) is 68.8 Å². The maximum absolute atomic E-state index is 5.80. The third-order valence-corrected chi connectivity index (χ3v) is 3.59. The zero-order chi connectivity index (χ0) is 14.9. The van der Waals surface area contributed by atoms with Gasteiger partial charge >= 0.3 is 0 Å². The Bertz CT molecular complexity index is 660. The number of nitrogens with zero attached hydrogens (tertiary/aromatic N) is 3. The number of anilines is 1. The van der Waals surface area contributed by atoms with Crippen molar-refractivity contribution in [2.24, 2.45) is 12.8 Å². The maximum atomic E-state index is 5.80. The molecule has 2 rings (SSSR count). The van der Waals surface area contributed by atoms with Crippen molar-refractivity contribution < 1.29 is 0 Å². The van der Waals surface area contributed by atoms with Gasteiger partial charge in [-0.3, -0.25) is 9.67 Å². The van der Waals surface area contributed by atoms with Crippen molar-refractivity contribution in [1.82, 2.24) is 14.8 Å². The number of nitrogens with one attached hydrogen (secondary N) is 1. The second kappa shape index (κ2) is 5.58. The highest BCUT2D eigenvalue weighted by atomic mass is 32.1. The summed E-state index contributed by atoms with van der Waals surface area (Å²) in [5.74, 6) is 0. The molecule has 0 unspecified atom stereocenters. The highest BCUT2D eigenvalue weighted by molar-refractivity contribution is 7.80. The van der Waals surface area contributed by atoms with E-state index in [1.54, 1.807) is 0 Å². The minimum Gasteiger partial charge on any atom is -0.389 e. The smallest absolute Gasteiger partial charge is 0.107 e. The lowest BCUT2D eigenvalue weighted by Crippen LogP contribution is -2.16. The summed E-state index contributed by atoms with van der Waals surface area (Å²) in [5.41, 5.74) is 11.6. The molecule has 0 spiro atoms. The molecule has 0 amide bonds. The van der Waals surface area contributed by atoms with Crippen LogP contribution in [0.2, 0.25) is 0 Å². The predicted molar refractivity (Wildman–Crippen MR) is 84.9 cm³/mol. The number of pyridine rings is 1. The summed E-state index contributed by atoms with van der Waals surface area (Å²) in [6.07, 6.45) is 1.86. The Labute approximate surface area is 124 Å². The molecule has 20 heavy (non-hydrogen) atoms. The summed E-state index contributed by atoms with van der Waals surface area (Å²) in [5, 5.41) is 7.62. The number of hydrogen-bond acceptors (Lipinski definition) is 4. The van der Waals surface area contributed by atoms with Crippen molar-refractivity contribution in [2.45, 2.75) is 27.3 Å². The number of aromatic nitrogens is 3. The second-order valence-corrected chi connectivity index (χ2v) is 5.31. The summed E-state index contributed by atoms with van der Waals surface area (Å²) in [6, 6.07) is 1.97. The third-order valence-electron chi connectivity index (χ3n) is 3.38. The maximum Gasteiger partial charge on any atom is 0.107 e. The largest absolute Gasteiger partial charge is 0.389 e. The fourth-order valence-electron chi connectivity index (χ4n) is 2.19. The first-order chi connectivity index (χ1) is 9.40. The van der Waals surface area contributed by atoms with Crippen LogP contribution in [0.3, 0.4) is 0 Å². The summed E-state index contributed by atoms with van der Waals surface area (Å²) in [6.45, 7) is 6.60. The average molecular weight is 289 g/mol. The molecule has 0 aromatic carbocycles. The number of aryl methyl sites for hydroxylation is 3. The van der Waals surface area contributed by atoms with Gasteiger partial charge < -0.3 is 11.1 Å². The first-order valence-corrected chi connectivity index (χ1v) is 6.80. The lowest BCUT2D eigenvalue weighted by Gasteiger charge is -2.14. The molecule has 5 nitrogen and oxygen atoms in total. The van der Waals surface area contributed by atoms with Crippen molar-refractivity contribution in [2.75, 3.05) is 5.32 Å². The zero-order valence-electron chi connectivity index (χ0n) is 12.2. The summed E-state index contributed by atoms with van der Waals surface area (Å²) in [7, 11) is 1.93. The summed E-state index contributed by atoms with van der Waals surface area (Å²) < 4.78 is 1.86. The molecule has 0 fully saturated rings. The Hall–Kier alpha value is -1.95. The lowest BCUT2D eigenvalue weighted by molar-refractivity contribution is 0.738. The predicted octanol–water partition coefficient (Wildman–Crippen LogP) is 1.99. The van der Waals surface area contributed by atoms with E-state index in [4.69, 9.17) is 18.0 Å². The molecule has 0 aliphatic heterocycles. The van der Waals surface area contributed by atoms with Crippen LogP contribution in [-0.4, -0.2) is 19.8 Å². The van der Waals surface area contributed by atoms with Crippen LogP contribution in [0, 0.1) is 20.8 Å². The molecule has 0 atom stereocenters. The normalized spacial score (nSPS) is 10.6. The molecule has 0 radical (unpaired) electrons. The van der Waals surface area contributed by atoms with Crippen LogP contribution >= 0.6 is 12.2 Å². The zero-order valence-corrected chi connectivity index (χ0v) is 13.0. The minimum atomic E-state index is 0.361. The van der Waals surface area contributed by atoms with E-state index in [0.717, 1.165) is 33.9 Å². The van der Waals surface area contributed by atoms with Gasteiger partial charge in [0, 0.05) is 41.9 Å². The molecule has 0 bridgehead atoms. The number of hydrogen-bond donors (Lipinski definition) is 2. The molecule has 0 aliphatic rings. The van der Waals surface area contributed by atoms with Gasteiger partial charge in [-0.05, 0) is 26.8 Å². The van der Waals surface area contributed by atoms with Crippen LogP contribution < -0.4 is 11.1 Å². The van der Waals surface area contributed by atoms with Gasteiger partial charge in [0.2, 0.25) is 0 Å². The summed E-state index contributed by atoms with van der Waals surface area (Å²) in [4.78, 5) is 4.77. The van der Waals surface area contributed by atoms with Crippen molar-refractivity contribution in [3.05, 3.63) is 40.5 Å². The number of thiocarbonyl (C=S) groups is 1. The molecular formula is C14H19N5S. The SMILES string of the molecule is Cc1cc(NCc2cnn(C)c2C)c(C(N)=S)c(C)n1. The molecule has 0 aliphatic carbocycles. The van der Waals surface area contributed by atoms with Crippen molar-refractivity contribution in [3.63, 3.8) is 0 Å². The van der Waals surface area contributed by atoms with E-state index in [-0.39, 0.29) is 0 Å². The van der Waals surface area contributed by atoms with Gasteiger partial charge in [-0.25, -0.2) is 0 Å². The van der Waals surface area contributed by atoms with Crippen LogP contribution in [-0.2, 0) is 13.6 Å².